The number of methoxy groups -OCH3 is 1. The van der Waals surface area contributed by atoms with E-state index in [4.69, 9.17) is 15.1 Å². The molecule has 8 heteroatoms. The zero-order chi connectivity index (χ0) is 29.3. The normalized spacial score (nSPS) is 15.0. The van der Waals surface area contributed by atoms with Crippen molar-refractivity contribution in [2.75, 3.05) is 26.7 Å². The second-order valence-corrected chi connectivity index (χ2v) is 11.4. The van der Waals surface area contributed by atoms with Gasteiger partial charge in [-0.25, -0.2) is 0 Å². The maximum Gasteiger partial charge on any atom is 0.310 e. The molecule has 2 aromatic carbocycles. The number of rotatable bonds is 9. The van der Waals surface area contributed by atoms with Crippen LogP contribution in [0, 0.1) is 35.5 Å². The number of fused-ring (bicyclic) bond motifs is 1. The standard InChI is InChI=1S/C20H27N3O.C12H15NO3/c1-14(12-21)10-16-5-8-23(9-6-16)13-18-17-4-7-22-20(17)15(2)11-19(18)24-3;1-12(2,11(15)16)8-13-10(14)9-6-4-3-5-7-9/h4,7,11,14,16,22H,5-6,8-10,13H2,1-3H3;3-7H,8H2,1-2H3,(H,13,14)(H,15,16). The number of piperidine rings is 1. The molecule has 4 rings (SSSR count). The van der Waals surface area contributed by atoms with Crippen LogP contribution in [0.1, 0.15) is 61.5 Å². The van der Waals surface area contributed by atoms with E-state index in [0.29, 0.717) is 11.5 Å². The number of aromatic nitrogens is 1. The third kappa shape index (κ3) is 8.09. The van der Waals surface area contributed by atoms with Gasteiger partial charge < -0.3 is 20.1 Å². The Hall–Kier alpha value is -3.83. The lowest BCUT2D eigenvalue weighted by Crippen LogP contribution is -2.38. The van der Waals surface area contributed by atoms with E-state index in [1.54, 1.807) is 45.2 Å². The SMILES string of the molecule is CC(C)(CNC(=O)c1ccccc1)C(=O)O.COc1cc(C)c2[nH]ccc2c1CN1CCC(CC(C)C#N)CC1. The van der Waals surface area contributed by atoms with Crippen molar-refractivity contribution in [2.24, 2.45) is 17.3 Å². The van der Waals surface area contributed by atoms with E-state index in [9.17, 15) is 9.59 Å². The number of aryl methyl sites for hydroxylation is 1. The average molecular weight is 547 g/mol. The summed E-state index contributed by atoms with van der Waals surface area (Å²) in [4.78, 5) is 28.3. The van der Waals surface area contributed by atoms with Crippen molar-refractivity contribution in [1.29, 1.82) is 5.26 Å². The highest BCUT2D eigenvalue weighted by Gasteiger charge is 2.27. The molecule has 1 saturated heterocycles. The first kappa shape index (κ1) is 30.7. The van der Waals surface area contributed by atoms with Gasteiger partial charge in [-0.1, -0.05) is 18.2 Å². The smallest absolute Gasteiger partial charge is 0.310 e. The van der Waals surface area contributed by atoms with E-state index in [1.807, 2.05) is 19.2 Å². The van der Waals surface area contributed by atoms with Crippen molar-refractivity contribution in [3.05, 3.63) is 65.4 Å². The summed E-state index contributed by atoms with van der Waals surface area (Å²) in [5.74, 6) is 0.678. The largest absolute Gasteiger partial charge is 0.496 e. The Morgan fingerprint density at radius 1 is 1.23 bits per heavy atom. The molecule has 214 valence electrons. The molecule has 3 N–H and O–H groups in total. The number of H-pyrrole nitrogens is 1. The summed E-state index contributed by atoms with van der Waals surface area (Å²) >= 11 is 0. The first-order valence-electron chi connectivity index (χ1n) is 13.9. The molecule has 1 fully saturated rings. The maximum atomic E-state index is 11.6. The highest BCUT2D eigenvalue weighted by Crippen LogP contribution is 2.33. The van der Waals surface area contributed by atoms with Crippen molar-refractivity contribution < 1.29 is 19.4 Å². The summed E-state index contributed by atoms with van der Waals surface area (Å²) in [5, 5.41) is 21.7. The van der Waals surface area contributed by atoms with Crippen molar-refractivity contribution in [1.82, 2.24) is 15.2 Å². The van der Waals surface area contributed by atoms with Gasteiger partial charge in [-0.15, -0.1) is 0 Å². The summed E-state index contributed by atoms with van der Waals surface area (Å²) in [6.07, 6.45) is 5.43. The molecule has 8 nitrogen and oxygen atoms in total. The predicted molar refractivity (Wildman–Crippen MR) is 157 cm³/mol. The Morgan fingerprint density at radius 2 is 1.90 bits per heavy atom. The number of nitrogens with one attached hydrogen (secondary N) is 2. The van der Waals surface area contributed by atoms with Crippen LogP contribution in [0.25, 0.3) is 10.9 Å². The number of amides is 1. The van der Waals surface area contributed by atoms with Crippen LogP contribution in [-0.4, -0.2) is 53.6 Å². The van der Waals surface area contributed by atoms with Crippen molar-refractivity contribution in [2.45, 2.75) is 53.5 Å². The van der Waals surface area contributed by atoms with E-state index in [2.05, 4.69) is 40.3 Å². The summed E-state index contributed by atoms with van der Waals surface area (Å²) in [6, 6.07) is 15.4. The van der Waals surface area contributed by atoms with Gasteiger partial charge in [0.1, 0.15) is 5.75 Å². The molecule has 1 unspecified atom stereocenters. The quantitative estimate of drug-likeness (QED) is 0.313. The summed E-state index contributed by atoms with van der Waals surface area (Å²) in [7, 11) is 1.76. The molecule has 3 aromatic rings. The van der Waals surface area contributed by atoms with E-state index >= 15 is 0 Å². The van der Waals surface area contributed by atoms with E-state index in [-0.39, 0.29) is 18.4 Å². The number of carboxylic acid groups (broad SMARTS) is 1. The molecule has 0 spiro atoms. The van der Waals surface area contributed by atoms with Gasteiger partial charge in [0, 0.05) is 47.2 Å². The molecule has 0 bridgehead atoms. The number of likely N-dealkylation sites (tertiary alicyclic amines) is 1. The van der Waals surface area contributed by atoms with Gasteiger partial charge in [-0.3, -0.25) is 14.5 Å². The summed E-state index contributed by atoms with van der Waals surface area (Å²) in [6.45, 7) is 10.5. The molecule has 1 atom stereocenters. The van der Waals surface area contributed by atoms with Gasteiger partial charge in [-0.2, -0.15) is 5.26 Å². The van der Waals surface area contributed by atoms with Crippen LogP contribution in [0.4, 0.5) is 0 Å². The number of nitrogens with zero attached hydrogens (tertiary/aromatic N) is 2. The van der Waals surface area contributed by atoms with E-state index < -0.39 is 11.4 Å². The minimum atomic E-state index is -0.954. The van der Waals surface area contributed by atoms with Gasteiger partial charge in [0.25, 0.3) is 5.91 Å². The average Bonchev–Trinajstić information content (AvgIpc) is 3.46. The van der Waals surface area contributed by atoms with Crippen LogP contribution >= 0.6 is 0 Å². The van der Waals surface area contributed by atoms with Crippen molar-refractivity contribution >= 4 is 22.8 Å². The number of carboxylic acids is 1. The lowest BCUT2D eigenvalue weighted by Gasteiger charge is -2.33. The fourth-order valence-corrected chi connectivity index (χ4v) is 5.01. The number of ether oxygens (including phenoxy) is 1. The predicted octanol–water partition coefficient (Wildman–Crippen LogP) is 5.77. The molecule has 0 radical (unpaired) electrons. The van der Waals surface area contributed by atoms with Crippen LogP contribution in [0.2, 0.25) is 0 Å². The van der Waals surface area contributed by atoms with E-state index in [1.165, 1.54) is 34.9 Å². The Morgan fingerprint density at radius 3 is 2.50 bits per heavy atom. The Labute approximate surface area is 237 Å². The lowest BCUT2D eigenvalue weighted by molar-refractivity contribution is -0.146. The first-order valence-corrected chi connectivity index (χ1v) is 13.9. The highest BCUT2D eigenvalue weighted by atomic mass is 16.5. The molecule has 1 aliphatic rings. The molecule has 40 heavy (non-hydrogen) atoms. The fraction of sp³-hybridized carbons (Fsp3) is 0.469. The number of hydrogen-bond acceptors (Lipinski definition) is 5. The van der Waals surface area contributed by atoms with Gasteiger partial charge in [0.15, 0.2) is 0 Å². The van der Waals surface area contributed by atoms with Gasteiger partial charge >= 0.3 is 5.97 Å². The summed E-state index contributed by atoms with van der Waals surface area (Å²) < 4.78 is 5.66. The lowest BCUT2D eigenvalue weighted by atomic mass is 9.88. The number of carbonyl (C=O) groups excluding carboxylic acids is 1. The third-order valence-corrected chi connectivity index (χ3v) is 7.63. The maximum absolute atomic E-state index is 11.6. The molecule has 0 aliphatic carbocycles. The second kappa shape index (κ2) is 14.0. The van der Waals surface area contributed by atoms with Crippen LogP contribution in [0.15, 0.2) is 48.7 Å². The van der Waals surface area contributed by atoms with Crippen LogP contribution in [0.3, 0.4) is 0 Å². The molecular formula is C32H42N4O4. The minimum absolute atomic E-state index is 0.107. The second-order valence-electron chi connectivity index (χ2n) is 11.4. The molecule has 1 amide bonds. The monoisotopic (exact) mass is 546 g/mol. The van der Waals surface area contributed by atoms with Crippen molar-refractivity contribution in [3.8, 4) is 11.8 Å². The van der Waals surface area contributed by atoms with Crippen LogP contribution in [0.5, 0.6) is 5.75 Å². The van der Waals surface area contributed by atoms with Gasteiger partial charge in [0.05, 0.1) is 18.6 Å². The number of aromatic amines is 1. The Bertz CT molecular complexity index is 1320. The molecular weight excluding hydrogens is 504 g/mol. The zero-order valence-electron chi connectivity index (χ0n) is 24.3. The number of hydrogen-bond donors (Lipinski definition) is 3. The fourth-order valence-electron chi connectivity index (χ4n) is 5.01. The van der Waals surface area contributed by atoms with E-state index in [0.717, 1.165) is 31.8 Å². The molecule has 1 aromatic heterocycles. The number of aliphatic carboxylic acids is 1. The molecule has 1 aliphatic heterocycles. The minimum Gasteiger partial charge on any atom is -0.496 e. The molecule has 2 heterocycles. The third-order valence-electron chi connectivity index (χ3n) is 7.63. The number of carbonyl (C=O) groups is 2. The van der Waals surface area contributed by atoms with Gasteiger partial charge in [-0.05, 0) is 95.8 Å². The first-order chi connectivity index (χ1) is 19.1. The molecule has 0 saturated carbocycles. The Balaban J connectivity index is 0.000000241. The number of nitriles is 1. The topological polar surface area (TPSA) is 118 Å². The summed E-state index contributed by atoms with van der Waals surface area (Å²) in [5.41, 5.74) is 3.29. The Kier molecular flexibility index (Phi) is 10.7. The van der Waals surface area contributed by atoms with Crippen LogP contribution in [-0.2, 0) is 11.3 Å². The number of benzene rings is 2. The zero-order valence-corrected chi connectivity index (χ0v) is 24.3. The van der Waals surface area contributed by atoms with Crippen molar-refractivity contribution in [3.63, 3.8) is 0 Å². The van der Waals surface area contributed by atoms with Gasteiger partial charge in [0.2, 0.25) is 0 Å². The van der Waals surface area contributed by atoms with Crippen LogP contribution < -0.4 is 10.1 Å². The highest BCUT2D eigenvalue weighted by molar-refractivity contribution is 5.94.